The Balaban J connectivity index is 2.16. The maximum absolute atomic E-state index is 8.46. The molecule has 2 nitrogen and oxygen atoms in total. The minimum atomic E-state index is -0.211. The number of benzene rings is 1. The Morgan fingerprint density at radius 1 is 1.27 bits per heavy atom. The molecular formula is C9H7NO. The summed E-state index contributed by atoms with van der Waals surface area (Å²) in [6.07, 6.45) is -0.182. The Morgan fingerprint density at radius 3 is 2.55 bits per heavy atom. The van der Waals surface area contributed by atoms with Crippen LogP contribution in [0.5, 0.6) is 0 Å². The van der Waals surface area contributed by atoms with Gasteiger partial charge in [0.05, 0.1) is 6.07 Å². The van der Waals surface area contributed by atoms with E-state index in [1.807, 2.05) is 30.3 Å². The molecule has 1 saturated heterocycles. The normalized spacial score (nSPS) is 27.5. The summed E-state index contributed by atoms with van der Waals surface area (Å²) in [7, 11) is 0. The van der Waals surface area contributed by atoms with E-state index >= 15 is 0 Å². The molecule has 0 aliphatic carbocycles. The maximum Gasteiger partial charge on any atom is 0.175 e. The highest BCUT2D eigenvalue weighted by Crippen LogP contribution is 2.37. The number of nitrogens with zero attached hydrogens (tertiary/aromatic N) is 1. The molecule has 2 heteroatoms. The number of hydrogen-bond acceptors (Lipinski definition) is 2. The number of rotatable bonds is 1. The lowest BCUT2D eigenvalue weighted by atomic mass is 10.1. The van der Waals surface area contributed by atoms with Gasteiger partial charge in [0.2, 0.25) is 0 Å². The van der Waals surface area contributed by atoms with Gasteiger partial charge in [0, 0.05) is 0 Å². The van der Waals surface area contributed by atoms with E-state index < -0.39 is 0 Å². The van der Waals surface area contributed by atoms with Gasteiger partial charge in [-0.25, -0.2) is 0 Å². The predicted octanol–water partition coefficient (Wildman–Crippen LogP) is 1.65. The molecule has 1 aliphatic heterocycles. The standard InChI is InChI=1S/C9H7NO/c10-6-8-9(11-8)7-4-2-1-3-5-7/h1-5,8-9H/t8-,9+/m1/s1. The van der Waals surface area contributed by atoms with Crippen molar-refractivity contribution in [3.8, 4) is 6.07 Å². The summed E-state index contributed by atoms with van der Waals surface area (Å²) in [4.78, 5) is 0. The molecule has 1 aromatic rings. The fourth-order valence-electron chi connectivity index (χ4n) is 1.11. The summed E-state index contributed by atoms with van der Waals surface area (Å²) in [5, 5.41) is 8.46. The van der Waals surface area contributed by atoms with E-state index in [1.54, 1.807) is 0 Å². The maximum atomic E-state index is 8.46. The first kappa shape index (κ1) is 6.38. The van der Waals surface area contributed by atoms with Crippen molar-refractivity contribution in [3.05, 3.63) is 35.9 Å². The van der Waals surface area contributed by atoms with Crippen LogP contribution < -0.4 is 0 Å². The monoisotopic (exact) mass is 145 g/mol. The lowest BCUT2D eigenvalue weighted by Crippen LogP contribution is -1.82. The molecule has 1 aromatic carbocycles. The summed E-state index contributed by atoms with van der Waals surface area (Å²) < 4.78 is 5.09. The molecule has 0 bridgehead atoms. The molecule has 0 N–H and O–H groups in total. The van der Waals surface area contributed by atoms with Gasteiger partial charge < -0.3 is 4.74 Å². The number of ether oxygens (including phenoxy) is 1. The van der Waals surface area contributed by atoms with Crippen molar-refractivity contribution in [3.63, 3.8) is 0 Å². The number of nitriles is 1. The van der Waals surface area contributed by atoms with Crippen molar-refractivity contribution in [1.29, 1.82) is 5.26 Å². The van der Waals surface area contributed by atoms with Crippen LogP contribution in [0.3, 0.4) is 0 Å². The van der Waals surface area contributed by atoms with Gasteiger partial charge in [-0.15, -0.1) is 0 Å². The van der Waals surface area contributed by atoms with E-state index in [2.05, 4.69) is 6.07 Å². The fourth-order valence-corrected chi connectivity index (χ4v) is 1.11. The van der Waals surface area contributed by atoms with Crippen molar-refractivity contribution in [2.45, 2.75) is 12.2 Å². The first-order chi connectivity index (χ1) is 5.42. The van der Waals surface area contributed by atoms with Gasteiger partial charge in [-0.1, -0.05) is 30.3 Å². The third-order valence-corrected chi connectivity index (χ3v) is 1.75. The minimum absolute atomic E-state index is 0.0289. The van der Waals surface area contributed by atoms with Crippen LogP contribution in [0, 0.1) is 11.3 Å². The van der Waals surface area contributed by atoms with Crippen LogP contribution in [0.2, 0.25) is 0 Å². The van der Waals surface area contributed by atoms with E-state index in [0.717, 1.165) is 5.56 Å². The second-order valence-electron chi connectivity index (χ2n) is 2.52. The van der Waals surface area contributed by atoms with E-state index in [1.165, 1.54) is 0 Å². The van der Waals surface area contributed by atoms with Crippen molar-refractivity contribution in [1.82, 2.24) is 0 Å². The average Bonchev–Trinajstić information content (AvgIpc) is 2.85. The van der Waals surface area contributed by atoms with Crippen LogP contribution in [0.1, 0.15) is 11.7 Å². The zero-order valence-electron chi connectivity index (χ0n) is 5.90. The molecular weight excluding hydrogens is 138 g/mol. The zero-order chi connectivity index (χ0) is 7.68. The van der Waals surface area contributed by atoms with Crippen molar-refractivity contribution in [2.24, 2.45) is 0 Å². The molecule has 1 aliphatic rings. The molecule has 0 radical (unpaired) electrons. The first-order valence-electron chi connectivity index (χ1n) is 3.52. The summed E-state index contributed by atoms with van der Waals surface area (Å²) in [5.41, 5.74) is 1.10. The van der Waals surface area contributed by atoms with Gasteiger partial charge in [-0.2, -0.15) is 5.26 Å². The molecule has 54 valence electrons. The molecule has 11 heavy (non-hydrogen) atoms. The average molecular weight is 145 g/mol. The molecule has 1 heterocycles. The first-order valence-corrected chi connectivity index (χ1v) is 3.52. The van der Waals surface area contributed by atoms with E-state index in [4.69, 9.17) is 10.00 Å². The molecule has 0 spiro atoms. The van der Waals surface area contributed by atoms with Crippen LogP contribution in [-0.4, -0.2) is 6.10 Å². The summed E-state index contributed by atoms with van der Waals surface area (Å²) in [6, 6.07) is 11.9. The Labute approximate surface area is 65.0 Å². The largest absolute Gasteiger partial charge is 0.348 e. The van der Waals surface area contributed by atoms with Crippen LogP contribution in [0.25, 0.3) is 0 Å². The number of hydrogen-bond donors (Lipinski definition) is 0. The summed E-state index contributed by atoms with van der Waals surface area (Å²) in [5.74, 6) is 0. The lowest BCUT2D eigenvalue weighted by molar-refractivity contribution is 0.396. The molecule has 0 unspecified atom stereocenters. The van der Waals surface area contributed by atoms with Gasteiger partial charge in [-0.3, -0.25) is 0 Å². The van der Waals surface area contributed by atoms with Crippen LogP contribution in [0.15, 0.2) is 30.3 Å². The van der Waals surface area contributed by atoms with Gasteiger partial charge >= 0.3 is 0 Å². The third kappa shape index (κ3) is 1.11. The Kier molecular flexibility index (Phi) is 1.38. The lowest BCUT2D eigenvalue weighted by Gasteiger charge is -1.90. The van der Waals surface area contributed by atoms with Gasteiger partial charge in [0.1, 0.15) is 6.10 Å². The second kappa shape index (κ2) is 2.37. The van der Waals surface area contributed by atoms with E-state index in [9.17, 15) is 0 Å². The fraction of sp³-hybridized carbons (Fsp3) is 0.222. The Hall–Kier alpha value is -1.33. The SMILES string of the molecule is N#C[C@H]1O[C@H]1c1ccccc1. The quantitative estimate of drug-likeness (QED) is 0.563. The smallest absolute Gasteiger partial charge is 0.175 e. The Bertz CT molecular complexity index is 288. The van der Waals surface area contributed by atoms with Crippen molar-refractivity contribution < 1.29 is 4.74 Å². The van der Waals surface area contributed by atoms with E-state index in [-0.39, 0.29) is 12.2 Å². The highest BCUT2D eigenvalue weighted by Gasteiger charge is 2.40. The Morgan fingerprint density at radius 2 is 2.00 bits per heavy atom. The topological polar surface area (TPSA) is 36.3 Å². The summed E-state index contributed by atoms with van der Waals surface area (Å²) in [6.45, 7) is 0. The van der Waals surface area contributed by atoms with Crippen molar-refractivity contribution >= 4 is 0 Å². The van der Waals surface area contributed by atoms with Crippen LogP contribution in [0.4, 0.5) is 0 Å². The highest BCUT2D eigenvalue weighted by molar-refractivity contribution is 5.25. The minimum Gasteiger partial charge on any atom is -0.348 e. The molecule has 0 saturated carbocycles. The van der Waals surface area contributed by atoms with Gasteiger partial charge in [0.15, 0.2) is 6.10 Å². The third-order valence-electron chi connectivity index (χ3n) is 1.75. The predicted molar refractivity (Wildman–Crippen MR) is 39.7 cm³/mol. The van der Waals surface area contributed by atoms with Crippen LogP contribution >= 0.6 is 0 Å². The second-order valence-corrected chi connectivity index (χ2v) is 2.52. The number of epoxide rings is 1. The highest BCUT2D eigenvalue weighted by atomic mass is 16.6. The molecule has 0 amide bonds. The van der Waals surface area contributed by atoms with Gasteiger partial charge in [-0.05, 0) is 5.56 Å². The zero-order valence-corrected chi connectivity index (χ0v) is 5.90. The molecule has 1 fully saturated rings. The summed E-state index contributed by atoms with van der Waals surface area (Å²) >= 11 is 0. The van der Waals surface area contributed by atoms with Crippen LogP contribution in [-0.2, 0) is 4.74 Å². The van der Waals surface area contributed by atoms with Crippen molar-refractivity contribution in [2.75, 3.05) is 0 Å². The molecule has 2 rings (SSSR count). The molecule has 0 aromatic heterocycles. The van der Waals surface area contributed by atoms with Gasteiger partial charge in [0.25, 0.3) is 0 Å². The van der Waals surface area contributed by atoms with E-state index in [0.29, 0.717) is 0 Å². The molecule has 2 atom stereocenters.